The van der Waals surface area contributed by atoms with Gasteiger partial charge in [-0.1, -0.05) is 6.42 Å². The van der Waals surface area contributed by atoms with Crippen molar-refractivity contribution >= 4 is 21.6 Å². The molecule has 7 heteroatoms. The number of hydrogen-bond acceptors (Lipinski definition) is 3. The number of carbonyl (C=O) groups is 1. The lowest BCUT2D eigenvalue weighted by Crippen LogP contribution is -2.40. The summed E-state index contributed by atoms with van der Waals surface area (Å²) in [6, 6.07) is 8.58. The highest BCUT2D eigenvalue weighted by Crippen LogP contribution is 2.22. The predicted molar refractivity (Wildman–Crippen MR) is 111 cm³/mol. The molecule has 0 atom stereocenters. The third kappa shape index (κ3) is 4.67. The molecule has 0 radical (unpaired) electrons. The minimum absolute atomic E-state index is 0.127. The number of amides is 1. The van der Waals surface area contributed by atoms with Crippen LogP contribution in [0.25, 0.3) is 0 Å². The molecule has 29 heavy (non-hydrogen) atoms. The summed E-state index contributed by atoms with van der Waals surface area (Å²) in [5.74, 6) is -0.127. The van der Waals surface area contributed by atoms with Gasteiger partial charge >= 0.3 is 0 Å². The number of pyridine rings is 1. The van der Waals surface area contributed by atoms with E-state index in [-0.39, 0.29) is 17.3 Å². The largest absolute Gasteiger partial charge is 0.321 e. The number of aromatic nitrogens is 1. The minimum atomic E-state index is -3.45. The summed E-state index contributed by atoms with van der Waals surface area (Å²) >= 11 is 0. The summed E-state index contributed by atoms with van der Waals surface area (Å²) in [4.78, 5) is 12.7. The van der Waals surface area contributed by atoms with Crippen LogP contribution in [-0.2, 0) is 34.2 Å². The van der Waals surface area contributed by atoms with Crippen LogP contribution >= 0.6 is 0 Å². The van der Waals surface area contributed by atoms with Gasteiger partial charge in [-0.25, -0.2) is 8.42 Å². The lowest BCUT2D eigenvalue weighted by atomic mass is 9.93. The summed E-state index contributed by atoms with van der Waals surface area (Å²) in [6.45, 7) is 1.40. The number of sulfonamides is 1. The van der Waals surface area contributed by atoms with E-state index >= 15 is 0 Å². The van der Waals surface area contributed by atoms with Gasteiger partial charge in [-0.15, -0.1) is 0 Å². The maximum atomic E-state index is 12.7. The first-order valence-corrected chi connectivity index (χ1v) is 11.9. The molecule has 1 saturated heterocycles. The van der Waals surface area contributed by atoms with Gasteiger partial charge in [0.15, 0.2) is 12.4 Å². The van der Waals surface area contributed by atoms with Crippen LogP contribution in [0.4, 0.5) is 5.69 Å². The third-order valence-electron chi connectivity index (χ3n) is 5.76. The molecule has 2 aliphatic rings. The van der Waals surface area contributed by atoms with Crippen molar-refractivity contribution in [2.45, 2.75) is 56.4 Å². The van der Waals surface area contributed by atoms with Crippen molar-refractivity contribution in [2.75, 3.05) is 18.4 Å². The predicted octanol–water partition coefficient (Wildman–Crippen LogP) is 2.67. The Labute approximate surface area is 172 Å². The number of hydrogen-bond donors (Lipinski definition) is 1. The Morgan fingerprint density at radius 2 is 1.62 bits per heavy atom. The van der Waals surface area contributed by atoms with E-state index in [0.29, 0.717) is 18.8 Å². The Hall–Kier alpha value is -2.25. The zero-order valence-electron chi connectivity index (χ0n) is 16.6. The number of rotatable bonds is 5. The molecule has 154 valence electrons. The second-order valence-corrected chi connectivity index (χ2v) is 9.85. The van der Waals surface area contributed by atoms with Crippen LogP contribution in [0, 0.1) is 0 Å². The standard InChI is InChI=1S/C22H27N3O3S/c26-22(17-24-15-12-18-6-2-3-7-19(18)16-24)23-20-8-10-21(11-9-20)29(27,28)25-13-4-1-5-14-25/h8-12,15-16H,1-7,13-14,17H2/p+1. The van der Waals surface area contributed by atoms with E-state index in [1.54, 1.807) is 28.6 Å². The normalized spacial score (nSPS) is 17.5. The molecule has 1 aromatic heterocycles. The molecule has 1 amide bonds. The molecule has 1 fully saturated rings. The molecule has 1 aliphatic carbocycles. The fourth-order valence-electron chi connectivity index (χ4n) is 4.15. The van der Waals surface area contributed by atoms with Gasteiger partial charge in [0.05, 0.1) is 4.90 Å². The van der Waals surface area contributed by atoms with E-state index in [1.165, 1.54) is 24.0 Å². The van der Waals surface area contributed by atoms with Gasteiger partial charge in [0.1, 0.15) is 0 Å². The summed E-state index contributed by atoms with van der Waals surface area (Å²) < 4.78 is 28.9. The van der Waals surface area contributed by atoms with Crippen LogP contribution in [0.1, 0.15) is 43.2 Å². The van der Waals surface area contributed by atoms with Gasteiger partial charge in [0, 0.05) is 30.4 Å². The van der Waals surface area contributed by atoms with Gasteiger partial charge in [-0.05, 0) is 68.4 Å². The van der Waals surface area contributed by atoms with Gasteiger partial charge < -0.3 is 5.32 Å². The second kappa shape index (κ2) is 8.63. The van der Waals surface area contributed by atoms with E-state index < -0.39 is 10.0 Å². The molecular weight excluding hydrogens is 386 g/mol. The highest BCUT2D eigenvalue weighted by Gasteiger charge is 2.25. The number of aryl methyl sites for hydroxylation is 2. The van der Waals surface area contributed by atoms with Crippen LogP contribution in [0.3, 0.4) is 0 Å². The smallest absolute Gasteiger partial charge is 0.290 e. The first-order valence-electron chi connectivity index (χ1n) is 10.4. The van der Waals surface area contributed by atoms with Crippen molar-refractivity contribution < 1.29 is 17.8 Å². The van der Waals surface area contributed by atoms with Crippen molar-refractivity contribution in [1.29, 1.82) is 0 Å². The van der Waals surface area contributed by atoms with Crippen LogP contribution < -0.4 is 9.88 Å². The van der Waals surface area contributed by atoms with Gasteiger partial charge in [0.2, 0.25) is 16.6 Å². The summed E-state index contributed by atoms with van der Waals surface area (Å²) in [6.07, 6.45) is 11.6. The average molecular weight is 415 g/mol. The molecule has 0 saturated carbocycles. The Bertz CT molecular complexity index is 981. The molecule has 4 rings (SSSR count). The number of piperidine rings is 1. The SMILES string of the molecule is O=C(C[n+]1ccc2c(c1)CCCC2)Nc1ccc(S(=O)(=O)N2CCCCC2)cc1. The highest BCUT2D eigenvalue weighted by molar-refractivity contribution is 7.89. The number of benzene rings is 1. The fourth-order valence-corrected chi connectivity index (χ4v) is 5.67. The Kier molecular flexibility index (Phi) is 5.96. The molecule has 1 aliphatic heterocycles. The van der Waals surface area contributed by atoms with Crippen molar-refractivity contribution in [3.8, 4) is 0 Å². The third-order valence-corrected chi connectivity index (χ3v) is 7.67. The molecule has 0 unspecified atom stereocenters. The van der Waals surface area contributed by atoms with E-state index in [4.69, 9.17) is 0 Å². The first-order chi connectivity index (χ1) is 14.0. The molecule has 0 spiro atoms. The average Bonchev–Trinajstić information content (AvgIpc) is 2.74. The summed E-state index contributed by atoms with van der Waals surface area (Å²) in [7, 11) is -3.45. The lowest BCUT2D eigenvalue weighted by Gasteiger charge is -2.25. The molecule has 1 aromatic carbocycles. The Morgan fingerprint density at radius 3 is 2.34 bits per heavy atom. The molecule has 0 bridgehead atoms. The number of anilines is 1. The van der Waals surface area contributed by atoms with Crippen molar-refractivity contribution in [3.63, 3.8) is 0 Å². The van der Waals surface area contributed by atoms with Gasteiger partial charge in [-0.3, -0.25) is 4.79 Å². The number of nitrogens with zero attached hydrogens (tertiary/aromatic N) is 2. The number of fused-ring (bicyclic) bond motifs is 1. The Balaban J connectivity index is 1.39. The maximum Gasteiger partial charge on any atom is 0.290 e. The summed E-state index contributed by atoms with van der Waals surface area (Å²) in [5, 5.41) is 2.86. The van der Waals surface area contributed by atoms with E-state index in [0.717, 1.165) is 32.1 Å². The van der Waals surface area contributed by atoms with E-state index in [1.807, 2.05) is 10.8 Å². The van der Waals surface area contributed by atoms with E-state index in [2.05, 4.69) is 17.6 Å². The lowest BCUT2D eigenvalue weighted by molar-refractivity contribution is -0.684. The summed E-state index contributed by atoms with van der Waals surface area (Å²) in [5.41, 5.74) is 3.32. The number of carbonyl (C=O) groups excluding carboxylic acids is 1. The highest BCUT2D eigenvalue weighted by atomic mass is 32.2. The maximum absolute atomic E-state index is 12.7. The minimum Gasteiger partial charge on any atom is -0.321 e. The Morgan fingerprint density at radius 1 is 0.931 bits per heavy atom. The first kappa shape index (κ1) is 20.0. The topological polar surface area (TPSA) is 70.4 Å². The van der Waals surface area contributed by atoms with Gasteiger partial charge in [0.25, 0.3) is 5.91 Å². The van der Waals surface area contributed by atoms with Crippen LogP contribution in [-0.4, -0.2) is 31.7 Å². The van der Waals surface area contributed by atoms with E-state index in [9.17, 15) is 13.2 Å². The van der Waals surface area contributed by atoms with Crippen molar-refractivity contribution in [3.05, 3.63) is 53.9 Å². The van der Waals surface area contributed by atoms with Crippen LogP contribution in [0.2, 0.25) is 0 Å². The zero-order chi connectivity index (χ0) is 20.3. The van der Waals surface area contributed by atoms with Crippen LogP contribution in [0.5, 0.6) is 0 Å². The fraction of sp³-hybridized carbons (Fsp3) is 0.455. The second-order valence-electron chi connectivity index (χ2n) is 7.91. The molecule has 6 nitrogen and oxygen atoms in total. The van der Waals surface area contributed by atoms with Crippen molar-refractivity contribution in [2.24, 2.45) is 0 Å². The quantitative estimate of drug-likeness (QED) is 0.765. The molecular formula is C22H28N3O3S+. The number of nitrogens with one attached hydrogen (secondary N) is 1. The molecule has 2 aromatic rings. The zero-order valence-corrected chi connectivity index (χ0v) is 17.5. The van der Waals surface area contributed by atoms with Crippen molar-refractivity contribution in [1.82, 2.24) is 4.31 Å². The molecule has 2 heterocycles. The molecule has 1 N–H and O–H groups in total. The van der Waals surface area contributed by atoms with Gasteiger partial charge in [-0.2, -0.15) is 8.87 Å². The monoisotopic (exact) mass is 414 g/mol. The van der Waals surface area contributed by atoms with Crippen LogP contribution in [0.15, 0.2) is 47.6 Å².